The van der Waals surface area contributed by atoms with Gasteiger partial charge < -0.3 is 4.57 Å². The van der Waals surface area contributed by atoms with E-state index in [-0.39, 0.29) is 5.56 Å². The van der Waals surface area contributed by atoms with Gasteiger partial charge in [-0.3, -0.25) is 4.79 Å². The highest BCUT2D eigenvalue weighted by molar-refractivity contribution is 6.31. The Bertz CT molecular complexity index is 1320. The number of hydrogen-bond acceptors (Lipinski definition) is 2. The molecule has 0 bridgehead atoms. The Balaban J connectivity index is 1.96. The van der Waals surface area contributed by atoms with Crippen molar-refractivity contribution in [1.29, 1.82) is 5.26 Å². The molecule has 4 aromatic rings. The van der Waals surface area contributed by atoms with Crippen LogP contribution in [-0.2, 0) is 7.05 Å². The average molecular weight is 419 g/mol. The molecule has 3 nitrogen and oxygen atoms in total. The van der Waals surface area contributed by atoms with Crippen LogP contribution in [-0.4, -0.2) is 4.57 Å². The fraction of sp³-hybridized carbons (Fsp3) is 0.0833. The first-order valence-corrected chi connectivity index (χ1v) is 9.78. The average Bonchev–Trinajstić information content (AvgIpc) is 2.72. The standard InChI is InChI=1S/C24H16Cl2N2O/c1-28-23-10-7-17(22(14-27)15-5-8-18(25)9-6-15)12-21(23)20(13-24(28)29)16-3-2-4-19(26)11-16/h2-13,22H,1H3. The van der Waals surface area contributed by atoms with Gasteiger partial charge in [0.2, 0.25) is 0 Å². The normalized spacial score (nSPS) is 11.9. The van der Waals surface area contributed by atoms with Crippen LogP contribution in [0.4, 0.5) is 0 Å². The van der Waals surface area contributed by atoms with Gasteiger partial charge in [-0.15, -0.1) is 0 Å². The second kappa shape index (κ2) is 7.75. The molecule has 0 aliphatic rings. The van der Waals surface area contributed by atoms with Crippen molar-refractivity contribution in [2.45, 2.75) is 5.92 Å². The van der Waals surface area contributed by atoms with Crippen LogP contribution < -0.4 is 5.56 Å². The fourth-order valence-corrected chi connectivity index (χ4v) is 3.87. The number of hydrogen-bond donors (Lipinski definition) is 0. The smallest absolute Gasteiger partial charge is 0.251 e. The Morgan fingerprint density at radius 2 is 1.62 bits per heavy atom. The molecule has 0 saturated carbocycles. The van der Waals surface area contributed by atoms with Crippen LogP contribution in [0.25, 0.3) is 22.0 Å². The molecule has 0 N–H and O–H groups in total. The molecule has 0 aliphatic heterocycles. The third kappa shape index (κ3) is 3.65. The summed E-state index contributed by atoms with van der Waals surface area (Å²) in [6.07, 6.45) is 0. The number of pyridine rings is 1. The lowest BCUT2D eigenvalue weighted by Crippen LogP contribution is -2.16. The Kier molecular flexibility index (Phi) is 5.15. The lowest BCUT2D eigenvalue weighted by atomic mass is 9.90. The van der Waals surface area contributed by atoms with Crippen LogP contribution in [0.1, 0.15) is 17.0 Å². The van der Waals surface area contributed by atoms with Crippen LogP contribution in [0.3, 0.4) is 0 Å². The van der Waals surface area contributed by atoms with Gasteiger partial charge in [0.25, 0.3) is 5.56 Å². The quantitative estimate of drug-likeness (QED) is 0.399. The first kappa shape index (κ1) is 19.3. The molecule has 0 radical (unpaired) electrons. The van der Waals surface area contributed by atoms with Crippen molar-refractivity contribution in [3.05, 3.63) is 104 Å². The van der Waals surface area contributed by atoms with Crippen molar-refractivity contribution in [1.82, 2.24) is 4.57 Å². The summed E-state index contributed by atoms with van der Waals surface area (Å²) in [6.45, 7) is 0. The molecule has 0 amide bonds. The topological polar surface area (TPSA) is 45.8 Å². The van der Waals surface area contributed by atoms with E-state index in [1.807, 2.05) is 48.5 Å². The SMILES string of the molecule is Cn1c(=O)cc(-c2cccc(Cl)c2)c2cc(C(C#N)c3ccc(Cl)cc3)ccc21. The van der Waals surface area contributed by atoms with Gasteiger partial charge >= 0.3 is 0 Å². The summed E-state index contributed by atoms with van der Waals surface area (Å²) >= 11 is 12.2. The van der Waals surface area contributed by atoms with E-state index in [1.165, 1.54) is 0 Å². The lowest BCUT2D eigenvalue weighted by molar-refractivity contribution is 0.905. The number of benzene rings is 3. The fourth-order valence-electron chi connectivity index (χ4n) is 3.55. The van der Waals surface area contributed by atoms with E-state index >= 15 is 0 Å². The summed E-state index contributed by atoms with van der Waals surface area (Å²) in [5.74, 6) is -0.443. The lowest BCUT2D eigenvalue weighted by Gasteiger charge is -2.15. The molecule has 1 heterocycles. The van der Waals surface area contributed by atoms with Gasteiger partial charge in [0.1, 0.15) is 0 Å². The van der Waals surface area contributed by atoms with Crippen molar-refractivity contribution >= 4 is 34.1 Å². The Hall–Kier alpha value is -3.06. The van der Waals surface area contributed by atoms with Crippen molar-refractivity contribution < 1.29 is 0 Å². The third-order valence-electron chi connectivity index (χ3n) is 5.07. The molecule has 0 saturated heterocycles. The van der Waals surface area contributed by atoms with Gasteiger partial charge in [-0.25, -0.2) is 0 Å². The minimum absolute atomic E-state index is 0.102. The summed E-state index contributed by atoms with van der Waals surface area (Å²) < 4.78 is 1.61. The zero-order valence-corrected chi connectivity index (χ0v) is 17.1. The summed E-state index contributed by atoms with van der Waals surface area (Å²) in [6, 6.07) is 24.5. The van der Waals surface area contributed by atoms with Gasteiger partial charge in [0, 0.05) is 28.5 Å². The molecule has 1 aromatic heterocycles. The maximum Gasteiger partial charge on any atom is 0.251 e. The van der Waals surface area contributed by atoms with Gasteiger partial charge in [0.15, 0.2) is 0 Å². The third-order valence-corrected chi connectivity index (χ3v) is 5.56. The summed E-state index contributed by atoms with van der Waals surface area (Å²) in [5.41, 5.74) is 4.06. The number of aryl methyl sites for hydroxylation is 1. The van der Waals surface area contributed by atoms with Crippen LogP contribution >= 0.6 is 23.2 Å². The number of nitrogens with zero attached hydrogens (tertiary/aromatic N) is 2. The number of rotatable bonds is 3. The summed E-state index contributed by atoms with van der Waals surface area (Å²) in [4.78, 5) is 12.5. The van der Waals surface area contributed by atoms with Gasteiger partial charge in [0.05, 0.1) is 17.5 Å². The van der Waals surface area contributed by atoms with Crippen LogP contribution in [0.2, 0.25) is 10.0 Å². The number of halogens is 2. The van der Waals surface area contributed by atoms with Gasteiger partial charge in [-0.2, -0.15) is 5.26 Å². The summed E-state index contributed by atoms with van der Waals surface area (Å²) in [7, 11) is 1.74. The largest absolute Gasteiger partial charge is 0.311 e. The molecule has 1 atom stereocenters. The molecule has 29 heavy (non-hydrogen) atoms. The van der Waals surface area contributed by atoms with Crippen molar-refractivity contribution in [2.75, 3.05) is 0 Å². The molecular formula is C24H16Cl2N2O. The molecular weight excluding hydrogens is 403 g/mol. The number of nitriles is 1. The zero-order valence-electron chi connectivity index (χ0n) is 15.6. The molecule has 0 fully saturated rings. The van der Waals surface area contributed by atoms with Crippen LogP contribution in [0, 0.1) is 11.3 Å². The van der Waals surface area contributed by atoms with E-state index in [0.29, 0.717) is 10.0 Å². The van der Waals surface area contributed by atoms with Gasteiger partial charge in [-0.1, -0.05) is 53.5 Å². The minimum atomic E-state index is -0.443. The second-order valence-electron chi connectivity index (χ2n) is 6.86. The maximum atomic E-state index is 12.5. The van der Waals surface area contributed by atoms with E-state index in [9.17, 15) is 10.1 Å². The predicted molar refractivity (Wildman–Crippen MR) is 119 cm³/mol. The van der Waals surface area contributed by atoms with E-state index in [1.54, 1.807) is 35.9 Å². The molecule has 1 unspecified atom stereocenters. The zero-order chi connectivity index (χ0) is 20.5. The van der Waals surface area contributed by atoms with Crippen molar-refractivity contribution in [3.8, 4) is 17.2 Å². The molecule has 5 heteroatoms. The molecule has 4 rings (SSSR count). The Morgan fingerprint density at radius 3 is 2.31 bits per heavy atom. The monoisotopic (exact) mass is 418 g/mol. The van der Waals surface area contributed by atoms with Crippen LogP contribution in [0.5, 0.6) is 0 Å². The highest BCUT2D eigenvalue weighted by atomic mass is 35.5. The first-order chi connectivity index (χ1) is 14.0. The molecule has 142 valence electrons. The predicted octanol–water partition coefficient (Wildman–Crippen LogP) is 6.17. The highest BCUT2D eigenvalue weighted by Crippen LogP contribution is 2.33. The van der Waals surface area contributed by atoms with E-state index < -0.39 is 5.92 Å². The first-order valence-electron chi connectivity index (χ1n) is 9.02. The van der Waals surface area contributed by atoms with Crippen molar-refractivity contribution in [2.24, 2.45) is 7.05 Å². The maximum absolute atomic E-state index is 12.5. The highest BCUT2D eigenvalue weighted by Gasteiger charge is 2.16. The van der Waals surface area contributed by atoms with E-state index in [4.69, 9.17) is 23.2 Å². The second-order valence-corrected chi connectivity index (χ2v) is 7.73. The molecule has 0 aliphatic carbocycles. The van der Waals surface area contributed by atoms with Gasteiger partial charge in [-0.05, 0) is 58.7 Å². The Morgan fingerprint density at radius 1 is 0.897 bits per heavy atom. The van der Waals surface area contributed by atoms with E-state index in [0.717, 1.165) is 33.2 Å². The van der Waals surface area contributed by atoms with Crippen molar-refractivity contribution in [3.63, 3.8) is 0 Å². The minimum Gasteiger partial charge on any atom is -0.311 e. The number of fused-ring (bicyclic) bond motifs is 1. The number of aromatic nitrogens is 1. The molecule has 3 aromatic carbocycles. The van der Waals surface area contributed by atoms with E-state index in [2.05, 4.69) is 6.07 Å². The molecule has 0 spiro atoms. The Labute approximate surface area is 178 Å². The summed E-state index contributed by atoms with van der Waals surface area (Å²) in [5, 5.41) is 12.0. The van der Waals surface area contributed by atoms with Crippen LogP contribution in [0.15, 0.2) is 77.6 Å².